The molecule has 1 aliphatic carbocycles. The first-order valence-corrected chi connectivity index (χ1v) is 12.2. The second kappa shape index (κ2) is 7.61. The Balaban J connectivity index is 1.45. The van der Waals surface area contributed by atoms with Crippen molar-refractivity contribution in [2.75, 3.05) is 23.3 Å². The lowest BCUT2D eigenvalue weighted by Crippen LogP contribution is -2.29. The number of aromatic nitrogens is 2. The summed E-state index contributed by atoms with van der Waals surface area (Å²) < 4.78 is 33.4. The van der Waals surface area contributed by atoms with Gasteiger partial charge in [0.1, 0.15) is 10.8 Å². The number of hydrogen-bond donors (Lipinski definition) is 1. The first kappa shape index (κ1) is 20.0. The summed E-state index contributed by atoms with van der Waals surface area (Å²) in [4.78, 5) is 13.0. The van der Waals surface area contributed by atoms with Gasteiger partial charge in [-0.05, 0) is 49.1 Å². The van der Waals surface area contributed by atoms with Crippen molar-refractivity contribution >= 4 is 38.1 Å². The number of nitrogens with zero attached hydrogens (tertiary/aromatic N) is 3. The number of anilines is 2. The molecule has 1 saturated carbocycles. The largest absolute Gasteiger partial charge is 0.496 e. The van der Waals surface area contributed by atoms with Crippen LogP contribution in [-0.4, -0.2) is 38.2 Å². The molecule has 1 fully saturated rings. The molecule has 2 aliphatic rings. The van der Waals surface area contributed by atoms with Gasteiger partial charge in [0.15, 0.2) is 0 Å². The number of carbonyl (C=O) groups excluding carboxylic acids is 1. The van der Waals surface area contributed by atoms with Gasteiger partial charge in [0, 0.05) is 12.5 Å². The number of carbonyl (C=O) groups is 1. The van der Waals surface area contributed by atoms with Crippen LogP contribution in [0.3, 0.4) is 0 Å². The molecular weight excluding hydrogens is 436 g/mol. The average Bonchev–Trinajstić information content (AvgIpc) is 3.36. The van der Waals surface area contributed by atoms with Gasteiger partial charge in [-0.1, -0.05) is 29.5 Å². The van der Waals surface area contributed by atoms with Gasteiger partial charge in [-0.2, -0.15) is 0 Å². The van der Waals surface area contributed by atoms with E-state index in [0.717, 1.165) is 23.4 Å². The molecule has 10 heteroatoms. The van der Waals surface area contributed by atoms with E-state index < -0.39 is 15.9 Å². The van der Waals surface area contributed by atoms with Gasteiger partial charge in [0.05, 0.1) is 23.3 Å². The molecular formula is C21H20N4O4S2. The number of amides is 1. The maximum absolute atomic E-state index is 13.3. The minimum absolute atomic E-state index is 0.0334. The van der Waals surface area contributed by atoms with Gasteiger partial charge in [0.2, 0.25) is 5.13 Å². The van der Waals surface area contributed by atoms with E-state index in [9.17, 15) is 13.2 Å². The Morgan fingerprint density at radius 3 is 2.77 bits per heavy atom. The van der Waals surface area contributed by atoms with Crippen LogP contribution in [-0.2, 0) is 16.4 Å². The number of benzene rings is 2. The number of hydrogen-bond acceptors (Lipinski definition) is 7. The minimum Gasteiger partial charge on any atom is -0.496 e. The smallest absolute Gasteiger partial charge is 0.264 e. The summed E-state index contributed by atoms with van der Waals surface area (Å²) >= 11 is 1.34. The summed E-state index contributed by atoms with van der Waals surface area (Å²) in [5.41, 5.74) is 1.78. The zero-order chi connectivity index (χ0) is 21.6. The third-order valence-electron chi connectivity index (χ3n) is 5.44. The highest BCUT2D eigenvalue weighted by atomic mass is 32.2. The Hall–Kier alpha value is -2.98. The molecule has 0 unspecified atom stereocenters. The van der Waals surface area contributed by atoms with Gasteiger partial charge < -0.3 is 4.74 Å². The van der Waals surface area contributed by atoms with Crippen molar-refractivity contribution in [3.05, 3.63) is 58.6 Å². The zero-order valence-corrected chi connectivity index (χ0v) is 18.4. The molecule has 2 aromatic carbocycles. The molecule has 1 amide bonds. The number of methoxy groups -OCH3 is 1. The van der Waals surface area contributed by atoms with Crippen molar-refractivity contribution in [1.82, 2.24) is 10.2 Å². The average molecular weight is 457 g/mol. The number of para-hydroxylation sites is 1. The predicted octanol–water partition coefficient (Wildman–Crippen LogP) is 3.43. The third kappa shape index (κ3) is 3.66. The second-order valence-corrected chi connectivity index (χ2v) is 10.4. The van der Waals surface area contributed by atoms with E-state index in [2.05, 4.69) is 15.5 Å². The lowest BCUT2D eigenvalue weighted by molar-refractivity contribution is 0.102. The predicted molar refractivity (Wildman–Crippen MR) is 118 cm³/mol. The maximum atomic E-state index is 13.3. The van der Waals surface area contributed by atoms with Crippen LogP contribution < -0.4 is 14.4 Å². The molecule has 160 valence electrons. The molecule has 1 aliphatic heterocycles. The van der Waals surface area contributed by atoms with Crippen LogP contribution in [0.2, 0.25) is 0 Å². The molecule has 8 nitrogen and oxygen atoms in total. The Bertz CT molecular complexity index is 1270. The lowest BCUT2D eigenvalue weighted by Gasteiger charge is -2.20. The molecule has 5 rings (SSSR count). The lowest BCUT2D eigenvalue weighted by atomic mass is 10.2. The van der Waals surface area contributed by atoms with Crippen LogP contribution in [0.1, 0.15) is 39.7 Å². The topological polar surface area (TPSA) is 101 Å². The van der Waals surface area contributed by atoms with Crippen LogP contribution in [0, 0.1) is 0 Å². The molecule has 0 bridgehead atoms. The minimum atomic E-state index is -3.83. The monoisotopic (exact) mass is 456 g/mol. The quantitative estimate of drug-likeness (QED) is 0.610. The molecule has 3 aromatic rings. The number of fused-ring (bicyclic) bond motifs is 1. The van der Waals surface area contributed by atoms with Crippen molar-refractivity contribution in [3.63, 3.8) is 0 Å². The number of ether oxygens (including phenoxy) is 1. The van der Waals surface area contributed by atoms with Crippen LogP contribution in [0.4, 0.5) is 10.8 Å². The zero-order valence-electron chi connectivity index (χ0n) is 16.7. The summed E-state index contributed by atoms with van der Waals surface area (Å²) in [7, 11) is -2.39. The Morgan fingerprint density at radius 1 is 1.19 bits per heavy atom. The SMILES string of the molecule is COc1ccc(S(=O)(=O)N2CCc3ccccc32)cc1C(=O)Nc1nnc(C2CC2)s1. The highest BCUT2D eigenvalue weighted by molar-refractivity contribution is 7.92. The van der Waals surface area contributed by atoms with E-state index in [0.29, 0.717) is 29.7 Å². The van der Waals surface area contributed by atoms with E-state index in [-0.39, 0.29) is 16.2 Å². The summed E-state index contributed by atoms with van der Waals surface area (Å²) in [5, 5.41) is 12.2. The Morgan fingerprint density at radius 2 is 2.00 bits per heavy atom. The Kier molecular flexibility index (Phi) is 4.90. The van der Waals surface area contributed by atoms with Crippen molar-refractivity contribution in [3.8, 4) is 5.75 Å². The molecule has 0 radical (unpaired) electrons. The number of nitrogens with one attached hydrogen (secondary N) is 1. The summed E-state index contributed by atoms with van der Waals surface area (Å²) in [6, 6.07) is 11.7. The van der Waals surface area contributed by atoms with E-state index in [4.69, 9.17) is 4.74 Å². The third-order valence-corrected chi connectivity index (χ3v) is 8.25. The fourth-order valence-corrected chi connectivity index (χ4v) is 6.09. The Labute approximate surface area is 183 Å². The van der Waals surface area contributed by atoms with Crippen molar-refractivity contribution in [2.24, 2.45) is 0 Å². The molecule has 0 atom stereocenters. The first-order valence-electron chi connectivity index (χ1n) is 9.91. The highest BCUT2D eigenvalue weighted by Gasteiger charge is 2.32. The summed E-state index contributed by atoms with van der Waals surface area (Å²) in [5.74, 6) is 0.230. The normalized spacial score (nSPS) is 15.6. The number of rotatable bonds is 6. The van der Waals surface area contributed by atoms with Gasteiger partial charge in [-0.3, -0.25) is 14.4 Å². The molecule has 2 heterocycles. The van der Waals surface area contributed by atoms with Gasteiger partial charge in [-0.25, -0.2) is 8.42 Å². The van der Waals surface area contributed by atoms with E-state index in [1.807, 2.05) is 18.2 Å². The van der Waals surface area contributed by atoms with E-state index in [1.165, 1.54) is 41.0 Å². The summed E-state index contributed by atoms with van der Waals surface area (Å²) in [6.45, 7) is 0.365. The summed E-state index contributed by atoms with van der Waals surface area (Å²) in [6.07, 6.45) is 2.84. The van der Waals surface area contributed by atoms with Crippen molar-refractivity contribution in [2.45, 2.75) is 30.1 Å². The van der Waals surface area contributed by atoms with Gasteiger partial charge >= 0.3 is 0 Å². The van der Waals surface area contributed by atoms with Gasteiger partial charge in [-0.15, -0.1) is 10.2 Å². The number of sulfonamides is 1. The fraction of sp³-hybridized carbons (Fsp3) is 0.286. The van der Waals surface area contributed by atoms with Crippen LogP contribution >= 0.6 is 11.3 Å². The highest BCUT2D eigenvalue weighted by Crippen LogP contribution is 2.42. The van der Waals surface area contributed by atoms with Crippen LogP contribution in [0.15, 0.2) is 47.4 Å². The first-order chi connectivity index (χ1) is 15.0. The van der Waals surface area contributed by atoms with E-state index in [1.54, 1.807) is 6.07 Å². The standard InChI is InChI=1S/C21H20N4O4S2/c1-29-18-9-8-15(31(27,28)25-11-10-13-4-2-3-5-17(13)25)12-16(18)19(26)22-21-24-23-20(30-21)14-6-7-14/h2-5,8-9,12,14H,6-7,10-11H2,1H3,(H,22,24,26). The van der Waals surface area contributed by atoms with Crippen molar-refractivity contribution in [1.29, 1.82) is 0 Å². The fourth-order valence-electron chi connectivity index (χ4n) is 3.65. The maximum Gasteiger partial charge on any atom is 0.264 e. The van der Waals surface area contributed by atoms with Gasteiger partial charge in [0.25, 0.3) is 15.9 Å². The second-order valence-electron chi connectivity index (χ2n) is 7.49. The molecule has 1 aromatic heterocycles. The molecule has 31 heavy (non-hydrogen) atoms. The molecule has 1 N–H and O–H groups in total. The van der Waals surface area contributed by atoms with Crippen LogP contribution in [0.25, 0.3) is 0 Å². The van der Waals surface area contributed by atoms with Crippen molar-refractivity contribution < 1.29 is 17.9 Å². The van der Waals surface area contributed by atoms with E-state index >= 15 is 0 Å². The molecule has 0 saturated heterocycles. The molecule has 0 spiro atoms. The van der Waals surface area contributed by atoms with Crippen LogP contribution in [0.5, 0.6) is 5.75 Å².